The first-order valence-corrected chi connectivity index (χ1v) is 7.31. The van der Waals surface area contributed by atoms with Crippen LogP contribution in [0.15, 0.2) is 33.6 Å². The van der Waals surface area contributed by atoms with E-state index in [9.17, 15) is 13.2 Å². The van der Waals surface area contributed by atoms with Gasteiger partial charge >= 0.3 is 0 Å². The first-order chi connectivity index (χ1) is 7.95. The first-order valence-electron chi connectivity index (χ1n) is 4.87. The summed E-state index contributed by atoms with van der Waals surface area (Å²) >= 11 is 3.22. The molecule has 94 valence electrons. The summed E-state index contributed by atoms with van der Waals surface area (Å²) in [5, 5.41) is 8.26. The van der Waals surface area contributed by atoms with Crippen molar-refractivity contribution in [2.45, 2.75) is 17.7 Å². The van der Waals surface area contributed by atoms with Crippen molar-refractivity contribution in [3.8, 4) is 0 Å². The fourth-order valence-corrected chi connectivity index (χ4v) is 2.81. The number of hydrogen-bond acceptors (Lipinski definition) is 4. The molecule has 1 aromatic carbocycles. The minimum atomic E-state index is -3.36. The van der Waals surface area contributed by atoms with Gasteiger partial charge in [0.05, 0.1) is 10.6 Å². The van der Waals surface area contributed by atoms with Gasteiger partial charge < -0.3 is 0 Å². The molecule has 17 heavy (non-hydrogen) atoms. The van der Waals surface area contributed by atoms with Crippen molar-refractivity contribution in [1.82, 2.24) is 5.48 Å². The molecule has 1 rings (SSSR count). The zero-order valence-electron chi connectivity index (χ0n) is 8.89. The van der Waals surface area contributed by atoms with Crippen LogP contribution in [-0.2, 0) is 14.6 Å². The molecule has 1 aromatic rings. The standard InChI is InChI=1S/C10H12BrNO4S/c11-8-3-5-9(6-4-8)17(15,16)7-1-2-10(13)12-14/h3-6,14H,1-2,7H2,(H,12,13). The van der Waals surface area contributed by atoms with Crippen LogP contribution in [0.4, 0.5) is 0 Å². The van der Waals surface area contributed by atoms with E-state index >= 15 is 0 Å². The van der Waals surface area contributed by atoms with Gasteiger partial charge in [-0.2, -0.15) is 0 Å². The number of hydroxylamine groups is 1. The zero-order chi connectivity index (χ0) is 12.9. The van der Waals surface area contributed by atoms with Gasteiger partial charge in [0.2, 0.25) is 5.91 Å². The highest BCUT2D eigenvalue weighted by Crippen LogP contribution is 2.16. The molecule has 0 heterocycles. The minimum Gasteiger partial charge on any atom is -0.289 e. The summed E-state index contributed by atoms with van der Waals surface area (Å²) in [6.07, 6.45) is 0.150. The third kappa shape index (κ3) is 4.45. The summed E-state index contributed by atoms with van der Waals surface area (Å²) in [5.74, 6) is -0.710. The number of sulfone groups is 1. The summed E-state index contributed by atoms with van der Waals surface area (Å²) in [6.45, 7) is 0. The molecule has 2 N–H and O–H groups in total. The molecule has 5 nitrogen and oxygen atoms in total. The SMILES string of the molecule is O=C(CCCS(=O)(=O)c1ccc(Br)cc1)NO. The Kier molecular flexibility index (Phi) is 5.10. The minimum absolute atomic E-state index is 0.0216. The number of benzene rings is 1. The predicted molar refractivity (Wildman–Crippen MR) is 65.4 cm³/mol. The van der Waals surface area contributed by atoms with Crippen LogP contribution in [0.1, 0.15) is 12.8 Å². The van der Waals surface area contributed by atoms with Crippen molar-refractivity contribution in [3.05, 3.63) is 28.7 Å². The molecule has 1 amide bonds. The molecule has 0 atom stereocenters. The normalized spacial score (nSPS) is 11.2. The Labute approximate surface area is 108 Å². The van der Waals surface area contributed by atoms with E-state index in [0.29, 0.717) is 0 Å². The average Bonchev–Trinajstić information content (AvgIpc) is 2.29. The number of carbonyl (C=O) groups is 1. The third-order valence-electron chi connectivity index (χ3n) is 2.11. The van der Waals surface area contributed by atoms with E-state index in [-0.39, 0.29) is 23.5 Å². The van der Waals surface area contributed by atoms with Crippen molar-refractivity contribution in [3.63, 3.8) is 0 Å². The molecule has 0 aliphatic rings. The zero-order valence-corrected chi connectivity index (χ0v) is 11.3. The molecule has 0 aromatic heterocycles. The lowest BCUT2D eigenvalue weighted by atomic mass is 10.3. The first kappa shape index (κ1) is 14.1. The lowest BCUT2D eigenvalue weighted by molar-refractivity contribution is -0.129. The monoisotopic (exact) mass is 321 g/mol. The molecule has 0 spiro atoms. The van der Waals surface area contributed by atoms with Crippen LogP contribution >= 0.6 is 15.9 Å². The van der Waals surface area contributed by atoms with Crippen LogP contribution in [-0.4, -0.2) is 25.3 Å². The van der Waals surface area contributed by atoms with Gasteiger partial charge in [0, 0.05) is 10.9 Å². The number of halogens is 1. The highest BCUT2D eigenvalue weighted by molar-refractivity contribution is 9.10. The number of nitrogens with one attached hydrogen (secondary N) is 1. The Hall–Kier alpha value is -0.920. The Bertz CT molecular complexity index is 484. The van der Waals surface area contributed by atoms with E-state index in [2.05, 4.69) is 15.9 Å². The van der Waals surface area contributed by atoms with Gasteiger partial charge in [-0.15, -0.1) is 0 Å². The fraction of sp³-hybridized carbons (Fsp3) is 0.300. The average molecular weight is 322 g/mol. The molecule has 0 saturated carbocycles. The van der Waals surface area contributed by atoms with Gasteiger partial charge in [-0.05, 0) is 30.7 Å². The van der Waals surface area contributed by atoms with Crippen molar-refractivity contribution >= 4 is 31.7 Å². The molecular formula is C10H12BrNO4S. The number of rotatable bonds is 5. The van der Waals surface area contributed by atoms with Crippen LogP contribution in [0.2, 0.25) is 0 Å². The van der Waals surface area contributed by atoms with Crippen molar-refractivity contribution in [1.29, 1.82) is 0 Å². The highest BCUT2D eigenvalue weighted by Gasteiger charge is 2.14. The summed E-state index contributed by atoms with van der Waals surface area (Å²) in [4.78, 5) is 10.9. The number of amides is 1. The van der Waals surface area contributed by atoms with Gasteiger partial charge in [-0.25, -0.2) is 13.9 Å². The summed E-state index contributed by atoms with van der Waals surface area (Å²) in [7, 11) is -3.36. The second-order valence-electron chi connectivity index (χ2n) is 3.41. The number of hydrogen-bond donors (Lipinski definition) is 2. The third-order valence-corrected chi connectivity index (χ3v) is 4.46. The highest BCUT2D eigenvalue weighted by atomic mass is 79.9. The van der Waals surface area contributed by atoms with Gasteiger partial charge in [-0.1, -0.05) is 15.9 Å². The summed E-state index contributed by atoms with van der Waals surface area (Å²) < 4.78 is 24.4. The van der Waals surface area contributed by atoms with E-state index in [4.69, 9.17) is 5.21 Å². The predicted octanol–water partition coefficient (Wildman–Crippen LogP) is 1.51. The van der Waals surface area contributed by atoms with Gasteiger partial charge in [0.25, 0.3) is 0 Å². The Morgan fingerprint density at radius 3 is 2.41 bits per heavy atom. The van der Waals surface area contributed by atoms with E-state index in [1.165, 1.54) is 17.6 Å². The van der Waals surface area contributed by atoms with Crippen molar-refractivity contribution in [2.24, 2.45) is 0 Å². The van der Waals surface area contributed by atoms with Crippen molar-refractivity contribution in [2.75, 3.05) is 5.75 Å². The largest absolute Gasteiger partial charge is 0.289 e. The van der Waals surface area contributed by atoms with E-state index in [1.807, 2.05) is 0 Å². The van der Waals surface area contributed by atoms with Gasteiger partial charge in [-0.3, -0.25) is 10.0 Å². The van der Waals surface area contributed by atoms with E-state index < -0.39 is 15.7 Å². The fourth-order valence-electron chi connectivity index (χ4n) is 1.24. The maximum absolute atomic E-state index is 11.8. The molecule has 0 fully saturated rings. The maximum atomic E-state index is 11.8. The molecule has 7 heteroatoms. The van der Waals surface area contributed by atoms with Crippen LogP contribution in [0.5, 0.6) is 0 Å². The topological polar surface area (TPSA) is 83.5 Å². The van der Waals surface area contributed by atoms with Gasteiger partial charge in [0.1, 0.15) is 0 Å². The van der Waals surface area contributed by atoms with Crippen LogP contribution in [0.25, 0.3) is 0 Å². The second kappa shape index (κ2) is 6.13. The molecule has 0 unspecified atom stereocenters. The van der Waals surface area contributed by atoms with Crippen LogP contribution in [0, 0.1) is 0 Å². The van der Waals surface area contributed by atoms with Crippen LogP contribution < -0.4 is 5.48 Å². The quantitative estimate of drug-likeness (QED) is 0.636. The summed E-state index contributed by atoms with van der Waals surface area (Å²) in [5.41, 5.74) is 1.46. The molecular weight excluding hydrogens is 310 g/mol. The maximum Gasteiger partial charge on any atom is 0.243 e. The molecule has 0 aliphatic carbocycles. The Morgan fingerprint density at radius 1 is 1.29 bits per heavy atom. The molecule has 0 aliphatic heterocycles. The van der Waals surface area contributed by atoms with Crippen LogP contribution in [0.3, 0.4) is 0 Å². The second-order valence-corrected chi connectivity index (χ2v) is 6.44. The summed E-state index contributed by atoms with van der Waals surface area (Å²) in [6, 6.07) is 6.30. The lowest BCUT2D eigenvalue weighted by Crippen LogP contribution is -2.19. The number of carbonyl (C=O) groups excluding carboxylic acids is 1. The Balaban J connectivity index is 2.63. The van der Waals surface area contributed by atoms with E-state index in [1.54, 1.807) is 12.1 Å². The molecule has 0 bridgehead atoms. The smallest absolute Gasteiger partial charge is 0.243 e. The van der Waals surface area contributed by atoms with Gasteiger partial charge in [0.15, 0.2) is 9.84 Å². The van der Waals surface area contributed by atoms with Crippen molar-refractivity contribution < 1.29 is 18.4 Å². The lowest BCUT2D eigenvalue weighted by Gasteiger charge is -2.04. The van der Waals surface area contributed by atoms with E-state index in [0.717, 1.165) is 4.47 Å². The Morgan fingerprint density at radius 2 is 1.88 bits per heavy atom. The molecule has 0 saturated heterocycles. The molecule has 0 radical (unpaired) electrons.